The predicted molar refractivity (Wildman–Crippen MR) is 79.4 cm³/mol. The van der Waals surface area contributed by atoms with Gasteiger partial charge in [-0.3, -0.25) is 4.57 Å². The Bertz CT molecular complexity index is 713. The number of hydrogen-bond donors (Lipinski definition) is 1. The summed E-state index contributed by atoms with van der Waals surface area (Å²) in [6.45, 7) is 2.00. The van der Waals surface area contributed by atoms with E-state index in [1.807, 2.05) is 6.92 Å². The molecule has 0 spiro atoms. The molecule has 1 aromatic heterocycles. The minimum Gasteiger partial charge on any atom is -0.273 e. The van der Waals surface area contributed by atoms with E-state index >= 15 is 0 Å². The van der Waals surface area contributed by atoms with Crippen LogP contribution in [0.5, 0.6) is 0 Å². The average Bonchev–Trinajstić information content (AvgIpc) is 2.80. The van der Waals surface area contributed by atoms with E-state index in [9.17, 15) is 12.8 Å². The zero-order valence-corrected chi connectivity index (χ0v) is 13.2. The van der Waals surface area contributed by atoms with Gasteiger partial charge in [0.1, 0.15) is 5.82 Å². The highest BCUT2D eigenvalue weighted by atomic mass is 32.2. The SMILES string of the molecule is CCSc1nnc(CNS(C)(=O)=O)n1-c1ccc(F)cc1. The minimum absolute atomic E-state index is 0.0213. The zero-order valence-electron chi connectivity index (χ0n) is 11.6. The third-order valence-corrected chi connectivity index (χ3v) is 4.03. The van der Waals surface area contributed by atoms with Crippen molar-refractivity contribution in [1.82, 2.24) is 19.5 Å². The molecule has 21 heavy (non-hydrogen) atoms. The lowest BCUT2D eigenvalue weighted by Gasteiger charge is -2.10. The van der Waals surface area contributed by atoms with Gasteiger partial charge in [0.15, 0.2) is 11.0 Å². The summed E-state index contributed by atoms with van der Waals surface area (Å²) in [6.07, 6.45) is 1.08. The van der Waals surface area contributed by atoms with Gasteiger partial charge in [0, 0.05) is 5.69 Å². The molecule has 0 saturated heterocycles. The number of nitrogens with one attached hydrogen (secondary N) is 1. The molecule has 1 heterocycles. The summed E-state index contributed by atoms with van der Waals surface area (Å²) in [5.41, 5.74) is 0.683. The van der Waals surface area contributed by atoms with E-state index in [4.69, 9.17) is 0 Å². The predicted octanol–water partition coefficient (Wildman–Crippen LogP) is 1.57. The number of thioether (sulfide) groups is 1. The summed E-state index contributed by atoms with van der Waals surface area (Å²) in [7, 11) is -3.33. The highest BCUT2D eigenvalue weighted by Gasteiger charge is 2.15. The first-order valence-electron chi connectivity index (χ1n) is 6.18. The van der Waals surface area contributed by atoms with Crippen LogP contribution in [0.25, 0.3) is 5.69 Å². The lowest BCUT2D eigenvalue weighted by Crippen LogP contribution is -2.23. The third-order valence-electron chi connectivity index (χ3n) is 2.55. The number of rotatable bonds is 6. The molecule has 0 aliphatic rings. The fraction of sp³-hybridized carbons (Fsp3) is 0.333. The standard InChI is InChI=1S/C12H15FN4O2S2/c1-3-20-12-16-15-11(8-14-21(2,18)19)17(12)10-6-4-9(13)5-7-10/h4-7,14H,3,8H2,1-2H3. The van der Waals surface area contributed by atoms with Gasteiger partial charge >= 0.3 is 0 Å². The van der Waals surface area contributed by atoms with Crippen LogP contribution in [0.2, 0.25) is 0 Å². The third kappa shape index (κ3) is 4.26. The van der Waals surface area contributed by atoms with Crippen LogP contribution in [0.4, 0.5) is 4.39 Å². The van der Waals surface area contributed by atoms with Crippen molar-refractivity contribution in [2.45, 2.75) is 18.6 Å². The van der Waals surface area contributed by atoms with Gasteiger partial charge in [0.2, 0.25) is 10.0 Å². The Morgan fingerprint density at radius 1 is 1.29 bits per heavy atom. The lowest BCUT2D eigenvalue weighted by molar-refractivity contribution is 0.584. The Morgan fingerprint density at radius 2 is 1.95 bits per heavy atom. The molecule has 2 aromatic rings. The van der Waals surface area contributed by atoms with Crippen molar-refractivity contribution < 1.29 is 12.8 Å². The van der Waals surface area contributed by atoms with Crippen molar-refractivity contribution in [2.24, 2.45) is 0 Å². The van der Waals surface area contributed by atoms with Crippen LogP contribution in [0.15, 0.2) is 29.4 Å². The van der Waals surface area contributed by atoms with E-state index in [-0.39, 0.29) is 12.4 Å². The molecule has 0 atom stereocenters. The van der Waals surface area contributed by atoms with Crippen LogP contribution in [0, 0.1) is 5.82 Å². The highest BCUT2D eigenvalue weighted by Crippen LogP contribution is 2.22. The van der Waals surface area contributed by atoms with E-state index in [1.54, 1.807) is 16.7 Å². The maximum Gasteiger partial charge on any atom is 0.209 e. The van der Waals surface area contributed by atoms with E-state index in [2.05, 4.69) is 14.9 Å². The first-order chi connectivity index (χ1) is 9.90. The first kappa shape index (κ1) is 15.9. The van der Waals surface area contributed by atoms with Gasteiger partial charge in [-0.05, 0) is 30.0 Å². The summed E-state index contributed by atoms with van der Waals surface area (Å²) in [5.74, 6) is 0.897. The first-order valence-corrected chi connectivity index (χ1v) is 9.06. The van der Waals surface area contributed by atoms with Crippen molar-refractivity contribution in [3.63, 3.8) is 0 Å². The van der Waals surface area contributed by atoms with Gasteiger partial charge < -0.3 is 0 Å². The van der Waals surface area contributed by atoms with Crippen LogP contribution in [-0.2, 0) is 16.6 Å². The van der Waals surface area contributed by atoms with Crippen LogP contribution in [0.3, 0.4) is 0 Å². The van der Waals surface area contributed by atoms with E-state index in [0.29, 0.717) is 16.7 Å². The second-order valence-corrected chi connectivity index (χ2v) is 7.30. The maximum atomic E-state index is 13.0. The fourth-order valence-corrected chi connectivity index (χ4v) is 2.77. The van der Waals surface area contributed by atoms with Crippen LogP contribution >= 0.6 is 11.8 Å². The molecule has 0 unspecified atom stereocenters. The Balaban J connectivity index is 2.39. The molecule has 6 nitrogen and oxygen atoms in total. The largest absolute Gasteiger partial charge is 0.273 e. The van der Waals surface area contributed by atoms with Crippen molar-refractivity contribution in [2.75, 3.05) is 12.0 Å². The molecule has 114 valence electrons. The molecule has 0 aliphatic heterocycles. The molecule has 0 bridgehead atoms. The molecule has 9 heteroatoms. The number of sulfonamides is 1. The normalized spacial score (nSPS) is 11.8. The Morgan fingerprint density at radius 3 is 2.52 bits per heavy atom. The van der Waals surface area contributed by atoms with Gasteiger partial charge in [-0.1, -0.05) is 18.7 Å². The summed E-state index contributed by atoms with van der Waals surface area (Å²) in [4.78, 5) is 0. The molecule has 1 aromatic carbocycles. The van der Waals surface area contributed by atoms with E-state index in [1.165, 1.54) is 23.9 Å². The van der Waals surface area contributed by atoms with Crippen LogP contribution in [0.1, 0.15) is 12.7 Å². The molecule has 1 N–H and O–H groups in total. The average molecular weight is 330 g/mol. The molecule has 2 rings (SSSR count). The molecule has 0 saturated carbocycles. The summed E-state index contributed by atoms with van der Waals surface area (Å²) >= 11 is 1.47. The number of nitrogens with zero attached hydrogens (tertiary/aromatic N) is 3. The fourth-order valence-electron chi connectivity index (χ4n) is 1.68. The quantitative estimate of drug-likeness (QED) is 0.814. The molecule has 0 aliphatic carbocycles. The molecular formula is C12H15FN4O2S2. The molecule has 0 radical (unpaired) electrons. The van der Waals surface area contributed by atoms with Crippen LogP contribution < -0.4 is 4.72 Å². The smallest absolute Gasteiger partial charge is 0.209 e. The molecular weight excluding hydrogens is 315 g/mol. The molecule has 0 fully saturated rings. The Labute approximate surface area is 126 Å². The summed E-state index contributed by atoms with van der Waals surface area (Å²) < 4.78 is 39.6. The van der Waals surface area contributed by atoms with Crippen molar-refractivity contribution in [3.8, 4) is 5.69 Å². The number of hydrogen-bond acceptors (Lipinski definition) is 5. The van der Waals surface area contributed by atoms with Crippen LogP contribution in [-0.4, -0.2) is 35.2 Å². The second kappa shape index (κ2) is 6.54. The number of aromatic nitrogens is 3. The second-order valence-electron chi connectivity index (χ2n) is 4.24. The number of halogens is 1. The monoisotopic (exact) mass is 330 g/mol. The summed E-state index contributed by atoms with van der Waals surface area (Å²) in [5, 5.41) is 8.69. The van der Waals surface area contributed by atoms with Crippen molar-refractivity contribution in [3.05, 3.63) is 35.9 Å². The zero-order chi connectivity index (χ0) is 15.5. The maximum absolute atomic E-state index is 13.0. The molecule has 0 amide bonds. The lowest BCUT2D eigenvalue weighted by atomic mass is 10.3. The van der Waals surface area contributed by atoms with Gasteiger partial charge in [-0.25, -0.2) is 17.5 Å². The topological polar surface area (TPSA) is 76.9 Å². The Kier molecular flexibility index (Phi) is 4.96. The number of benzene rings is 1. The van der Waals surface area contributed by atoms with E-state index in [0.717, 1.165) is 12.0 Å². The van der Waals surface area contributed by atoms with Gasteiger partial charge in [-0.15, -0.1) is 10.2 Å². The minimum atomic E-state index is -3.33. The summed E-state index contributed by atoms with van der Waals surface area (Å²) in [6, 6.07) is 5.87. The van der Waals surface area contributed by atoms with Gasteiger partial charge in [0.25, 0.3) is 0 Å². The van der Waals surface area contributed by atoms with Gasteiger partial charge in [0.05, 0.1) is 12.8 Å². The van der Waals surface area contributed by atoms with Crippen molar-refractivity contribution in [1.29, 1.82) is 0 Å². The Hall–Kier alpha value is -1.45. The highest BCUT2D eigenvalue weighted by molar-refractivity contribution is 7.99. The van der Waals surface area contributed by atoms with Gasteiger partial charge in [-0.2, -0.15) is 0 Å². The van der Waals surface area contributed by atoms with Crippen molar-refractivity contribution >= 4 is 21.8 Å². The van der Waals surface area contributed by atoms with E-state index < -0.39 is 10.0 Å².